The van der Waals surface area contributed by atoms with Gasteiger partial charge >= 0.3 is 6.03 Å². The molecule has 108 valence electrons. The van der Waals surface area contributed by atoms with Crippen molar-refractivity contribution in [1.29, 1.82) is 0 Å². The number of likely N-dealkylation sites (tertiary alicyclic amines) is 2. The molecule has 0 spiro atoms. The molecule has 3 rings (SSSR count). The molecule has 3 aliphatic rings. The van der Waals surface area contributed by atoms with E-state index in [0.717, 1.165) is 44.9 Å². The standard InChI is InChI=1S/C15H27N3O/c16-14-6-5-12-10-18(11-13(12)9-14)15(19)17-7-3-1-2-4-8-17/h12-14H,1-11,16H2/t12-,13+,14?/m1/s1. The lowest BCUT2D eigenvalue weighted by Crippen LogP contribution is -2.42. The minimum Gasteiger partial charge on any atom is -0.328 e. The first-order valence-corrected chi connectivity index (χ1v) is 8.03. The van der Waals surface area contributed by atoms with Crippen LogP contribution in [0.25, 0.3) is 0 Å². The van der Waals surface area contributed by atoms with Crippen LogP contribution in [0.4, 0.5) is 4.79 Å². The smallest absolute Gasteiger partial charge is 0.320 e. The second-order valence-corrected chi connectivity index (χ2v) is 6.68. The number of urea groups is 1. The molecule has 2 heterocycles. The first kappa shape index (κ1) is 13.2. The first-order valence-electron chi connectivity index (χ1n) is 8.03. The largest absolute Gasteiger partial charge is 0.328 e. The van der Waals surface area contributed by atoms with Gasteiger partial charge in [-0.05, 0) is 43.9 Å². The lowest BCUT2D eigenvalue weighted by atomic mass is 9.79. The van der Waals surface area contributed by atoms with Crippen LogP contribution in [-0.2, 0) is 0 Å². The maximum atomic E-state index is 12.6. The second-order valence-electron chi connectivity index (χ2n) is 6.68. The highest BCUT2D eigenvalue weighted by atomic mass is 16.2. The molecular weight excluding hydrogens is 238 g/mol. The zero-order valence-electron chi connectivity index (χ0n) is 11.9. The summed E-state index contributed by atoms with van der Waals surface area (Å²) >= 11 is 0. The fourth-order valence-electron chi connectivity index (χ4n) is 4.09. The predicted molar refractivity (Wildman–Crippen MR) is 75.8 cm³/mol. The van der Waals surface area contributed by atoms with Gasteiger partial charge < -0.3 is 15.5 Å². The van der Waals surface area contributed by atoms with E-state index in [0.29, 0.717) is 18.0 Å². The predicted octanol–water partition coefficient (Wildman–Crippen LogP) is 2.04. The van der Waals surface area contributed by atoms with Gasteiger partial charge in [-0.3, -0.25) is 0 Å². The molecule has 4 heteroatoms. The van der Waals surface area contributed by atoms with Gasteiger partial charge in [-0.15, -0.1) is 0 Å². The van der Waals surface area contributed by atoms with E-state index in [-0.39, 0.29) is 0 Å². The van der Waals surface area contributed by atoms with Crippen LogP contribution in [0.3, 0.4) is 0 Å². The van der Waals surface area contributed by atoms with Crippen molar-refractivity contribution in [2.24, 2.45) is 17.6 Å². The Bertz CT molecular complexity index is 325. The molecule has 2 amide bonds. The number of nitrogens with two attached hydrogens (primary N) is 1. The number of nitrogens with zero attached hydrogens (tertiary/aromatic N) is 2. The Morgan fingerprint density at radius 1 is 0.895 bits per heavy atom. The summed E-state index contributed by atoms with van der Waals surface area (Å²) in [6, 6.07) is 0.666. The SMILES string of the molecule is NC1CC[C@@H]2CN(C(=O)N3CCCCCC3)C[C@@H]2C1. The number of amides is 2. The summed E-state index contributed by atoms with van der Waals surface area (Å²) in [5, 5.41) is 0. The van der Waals surface area contributed by atoms with E-state index >= 15 is 0 Å². The Hall–Kier alpha value is -0.770. The third-order valence-electron chi connectivity index (χ3n) is 5.24. The average molecular weight is 265 g/mol. The van der Waals surface area contributed by atoms with Crippen molar-refractivity contribution in [3.05, 3.63) is 0 Å². The molecule has 19 heavy (non-hydrogen) atoms. The van der Waals surface area contributed by atoms with Crippen molar-refractivity contribution < 1.29 is 4.79 Å². The Balaban J connectivity index is 1.58. The Morgan fingerprint density at radius 3 is 2.32 bits per heavy atom. The van der Waals surface area contributed by atoms with Gasteiger partial charge in [0.15, 0.2) is 0 Å². The summed E-state index contributed by atoms with van der Waals surface area (Å²) in [5.74, 6) is 1.38. The molecule has 0 radical (unpaired) electrons. The first-order chi connectivity index (χ1) is 9.24. The van der Waals surface area contributed by atoms with Crippen LogP contribution in [-0.4, -0.2) is 48.1 Å². The quantitative estimate of drug-likeness (QED) is 0.728. The molecular formula is C15H27N3O. The zero-order valence-corrected chi connectivity index (χ0v) is 11.9. The van der Waals surface area contributed by atoms with Crippen molar-refractivity contribution >= 4 is 6.03 Å². The Kier molecular flexibility index (Phi) is 3.96. The molecule has 0 aromatic carbocycles. The van der Waals surface area contributed by atoms with Gasteiger partial charge in [0.05, 0.1) is 0 Å². The van der Waals surface area contributed by atoms with Crippen molar-refractivity contribution in [3.63, 3.8) is 0 Å². The second kappa shape index (κ2) is 5.70. The van der Waals surface area contributed by atoms with E-state index in [9.17, 15) is 4.79 Å². The summed E-state index contributed by atoms with van der Waals surface area (Å²) < 4.78 is 0. The lowest BCUT2D eigenvalue weighted by Gasteiger charge is -2.27. The number of carbonyl (C=O) groups excluding carboxylic acids is 1. The third kappa shape index (κ3) is 2.88. The van der Waals surface area contributed by atoms with E-state index in [1.54, 1.807) is 0 Å². The lowest BCUT2D eigenvalue weighted by molar-refractivity contribution is 0.162. The van der Waals surface area contributed by atoms with E-state index in [1.165, 1.54) is 32.1 Å². The third-order valence-corrected chi connectivity index (χ3v) is 5.24. The van der Waals surface area contributed by atoms with Gasteiger partial charge in [-0.25, -0.2) is 4.79 Å². The summed E-state index contributed by atoms with van der Waals surface area (Å²) in [6.07, 6.45) is 8.40. The fraction of sp³-hybridized carbons (Fsp3) is 0.933. The minimum absolute atomic E-state index is 0.296. The van der Waals surface area contributed by atoms with Crippen LogP contribution in [0, 0.1) is 11.8 Å². The van der Waals surface area contributed by atoms with E-state index < -0.39 is 0 Å². The van der Waals surface area contributed by atoms with Crippen molar-refractivity contribution in [1.82, 2.24) is 9.80 Å². The zero-order chi connectivity index (χ0) is 13.2. The number of hydrogen-bond donors (Lipinski definition) is 1. The van der Waals surface area contributed by atoms with Gasteiger partial charge in [-0.2, -0.15) is 0 Å². The Labute approximate surface area is 116 Å². The minimum atomic E-state index is 0.296. The molecule has 3 atom stereocenters. The molecule has 4 nitrogen and oxygen atoms in total. The molecule has 1 unspecified atom stereocenters. The number of rotatable bonds is 0. The highest BCUT2D eigenvalue weighted by molar-refractivity contribution is 5.74. The van der Waals surface area contributed by atoms with Crippen LogP contribution >= 0.6 is 0 Å². The van der Waals surface area contributed by atoms with Crippen LogP contribution in [0.1, 0.15) is 44.9 Å². The van der Waals surface area contributed by atoms with Crippen molar-refractivity contribution in [3.8, 4) is 0 Å². The number of carbonyl (C=O) groups is 1. The van der Waals surface area contributed by atoms with E-state index in [1.807, 2.05) is 0 Å². The van der Waals surface area contributed by atoms with Crippen molar-refractivity contribution in [2.75, 3.05) is 26.2 Å². The maximum absolute atomic E-state index is 12.6. The van der Waals surface area contributed by atoms with Gasteiger partial charge in [0.1, 0.15) is 0 Å². The summed E-state index contributed by atoms with van der Waals surface area (Å²) in [4.78, 5) is 16.8. The summed E-state index contributed by atoms with van der Waals surface area (Å²) in [5.41, 5.74) is 6.06. The maximum Gasteiger partial charge on any atom is 0.320 e. The van der Waals surface area contributed by atoms with Crippen LogP contribution in [0.5, 0.6) is 0 Å². The van der Waals surface area contributed by atoms with Crippen LogP contribution in [0.2, 0.25) is 0 Å². The Morgan fingerprint density at radius 2 is 1.58 bits per heavy atom. The van der Waals surface area contributed by atoms with Gasteiger partial charge in [0, 0.05) is 32.2 Å². The molecule has 1 aliphatic carbocycles. The fourth-order valence-corrected chi connectivity index (χ4v) is 4.09. The molecule has 2 saturated heterocycles. The molecule has 3 fully saturated rings. The van der Waals surface area contributed by atoms with Crippen LogP contribution in [0.15, 0.2) is 0 Å². The number of hydrogen-bond acceptors (Lipinski definition) is 2. The van der Waals surface area contributed by atoms with Gasteiger partial charge in [0.2, 0.25) is 0 Å². The average Bonchev–Trinajstić information content (AvgIpc) is 2.64. The molecule has 1 saturated carbocycles. The molecule has 0 bridgehead atoms. The molecule has 2 N–H and O–H groups in total. The number of fused-ring (bicyclic) bond motifs is 1. The van der Waals surface area contributed by atoms with Gasteiger partial charge in [0.25, 0.3) is 0 Å². The topological polar surface area (TPSA) is 49.6 Å². The molecule has 2 aliphatic heterocycles. The van der Waals surface area contributed by atoms with E-state index in [4.69, 9.17) is 5.73 Å². The summed E-state index contributed by atoms with van der Waals surface area (Å²) in [6.45, 7) is 3.86. The van der Waals surface area contributed by atoms with Crippen molar-refractivity contribution in [2.45, 2.75) is 51.0 Å². The molecule has 0 aromatic heterocycles. The van der Waals surface area contributed by atoms with Crippen LogP contribution < -0.4 is 5.73 Å². The normalized spacial score (nSPS) is 35.9. The highest BCUT2D eigenvalue weighted by Gasteiger charge is 2.39. The molecule has 0 aromatic rings. The van der Waals surface area contributed by atoms with Gasteiger partial charge in [-0.1, -0.05) is 12.8 Å². The van der Waals surface area contributed by atoms with E-state index in [2.05, 4.69) is 9.80 Å². The highest BCUT2D eigenvalue weighted by Crippen LogP contribution is 2.36. The monoisotopic (exact) mass is 265 g/mol. The summed E-state index contributed by atoms with van der Waals surface area (Å²) in [7, 11) is 0.